The smallest absolute Gasteiger partial charge is 0.266 e. The molecular formula is C16H15Cl2N3O2. The number of nitrogens with one attached hydrogen (secondary N) is 1. The molecule has 0 aliphatic heterocycles. The van der Waals surface area contributed by atoms with Crippen molar-refractivity contribution >= 4 is 29.1 Å². The maximum Gasteiger partial charge on any atom is 0.266 e. The van der Waals surface area contributed by atoms with Crippen molar-refractivity contribution in [2.24, 2.45) is 0 Å². The predicted octanol–water partition coefficient (Wildman–Crippen LogP) is 2.86. The number of benzene rings is 1. The van der Waals surface area contributed by atoms with E-state index < -0.39 is 0 Å². The average Bonchev–Trinajstić information content (AvgIpc) is 3.36. The van der Waals surface area contributed by atoms with Gasteiger partial charge in [-0.3, -0.25) is 9.59 Å². The number of carbonyl (C=O) groups is 1. The molecule has 120 valence electrons. The number of nitrogens with zero attached hydrogens (tertiary/aromatic N) is 2. The Labute approximate surface area is 143 Å². The van der Waals surface area contributed by atoms with Crippen molar-refractivity contribution in [2.45, 2.75) is 25.3 Å². The molecule has 3 rings (SSSR count). The third-order valence-corrected chi connectivity index (χ3v) is 4.23. The summed E-state index contributed by atoms with van der Waals surface area (Å²) >= 11 is 11.9. The highest BCUT2D eigenvalue weighted by Crippen LogP contribution is 2.38. The van der Waals surface area contributed by atoms with E-state index in [1.165, 1.54) is 16.8 Å². The average molecular weight is 352 g/mol. The molecule has 0 spiro atoms. The molecule has 1 amide bonds. The highest BCUT2D eigenvalue weighted by Gasteiger charge is 2.25. The lowest BCUT2D eigenvalue weighted by Gasteiger charge is -2.09. The van der Waals surface area contributed by atoms with Gasteiger partial charge in [-0.05, 0) is 37.1 Å². The lowest BCUT2D eigenvalue weighted by Crippen LogP contribution is -2.32. The summed E-state index contributed by atoms with van der Waals surface area (Å²) in [7, 11) is 0. The van der Waals surface area contributed by atoms with Crippen LogP contribution in [0.25, 0.3) is 0 Å². The highest BCUT2D eigenvalue weighted by molar-refractivity contribution is 6.35. The third-order valence-electron chi connectivity index (χ3n) is 3.67. The van der Waals surface area contributed by atoms with Gasteiger partial charge in [0.05, 0.1) is 22.8 Å². The number of carbonyl (C=O) groups excluding carboxylic acids is 1. The van der Waals surface area contributed by atoms with E-state index in [0.29, 0.717) is 28.1 Å². The van der Waals surface area contributed by atoms with Crippen LogP contribution in [-0.4, -0.2) is 22.2 Å². The summed E-state index contributed by atoms with van der Waals surface area (Å²) in [5.41, 5.74) is 1.07. The molecule has 1 aromatic heterocycles. The number of hydrogen-bond acceptors (Lipinski definition) is 3. The van der Waals surface area contributed by atoms with Crippen LogP contribution in [0.4, 0.5) is 0 Å². The van der Waals surface area contributed by atoms with Crippen LogP contribution in [0, 0.1) is 0 Å². The molecule has 0 radical (unpaired) electrons. The summed E-state index contributed by atoms with van der Waals surface area (Å²) in [6.07, 6.45) is 2.24. The second-order valence-electron chi connectivity index (χ2n) is 5.47. The van der Waals surface area contributed by atoms with Gasteiger partial charge in [0.25, 0.3) is 11.5 Å². The SMILES string of the molecule is O=C(NCCn1nc(C2CC2)ccc1=O)c1cc(Cl)ccc1Cl. The van der Waals surface area contributed by atoms with Crippen LogP contribution >= 0.6 is 23.2 Å². The Morgan fingerprint density at radius 2 is 2.04 bits per heavy atom. The van der Waals surface area contributed by atoms with Crippen LogP contribution in [0.5, 0.6) is 0 Å². The van der Waals surface area contributed by atoms with E-state index in [2.05, 4.69) is 10.4 Å². The number of aromatic nitrogens is 2. The monoisotopic (exact) mass is 351 g/mol. The van der Waals surface area contributed by atoms with Gasteiger partial charge in [-0.25, -0.2) is 4.68 Å². The van der Waals surface area contributed by atoms with E-state index in [1.54, 1.807) is 18.2 Å². The molecule has 1 heterocycles. The topological polar surface area (TPSA) is 64.0 Å². The molecule has 2 aromatic rings. The van der Waals surface area contributed by atoms with Crippen LogP contribution in [0.2, 0.25) is 10.0 Å². The van der Waals surface area contributed by atoms with Gasteiger partial charge in [0.15, 0.2) is 0 Å². The first kappa shape index (κ1) is 16.0. The first-order valence-corrected chi connectivity index (χ1v) is 8.11. The van der Waals surface area contributed by atoms with Crippen molar-refractivity contribution in [3.8, 4) is 0 Å². The van der Waals surface area contributed by atoms with Crippen molar-refractivity contribution in [3.05, 3.63) is 62.0 Å². The second-order valence-corrected chi connectivity index (χ2v) is 6.32. The number of amides is 1. The van der Waals surface area contributed by atoms with Gasteiger partial charge in [-0.2, -0.15) is 5.10 Å². The van der Waals surface area contributed by atoms with Gasteiger partial charge < -0.3 is 5.32 Å². The maximum atomic E-state index is 12.1. The number of hydrogen-bond donors (Lipinski definition) is 1. The molecule has 1 saturated carbocycles. The molecule has 5 nitrogen and oxygen atoms in total. The van der Waals surface area contributed by atoms with Crippen molar-refractivity contribution in [2.75, 3.05) is 6.54 Å². The molecule has 1 aromatic carbocycles. The summed E-state index contributed by atoms with van der Waals surface area (Å²) < 4.78 is 1.38. The maximum absolute atomic E-state index is 12.1. The van der Waals surface area contributed by atoms with Crippen LogP contribution in [0.1, 0.15) is 34.8 Å². The normalized spacial score (nSPS) is 13.8. The Bertz CT molecular complexity index is 800. The van der Waals surface area contributed by atoms with Crippen LogP contribution in [0.3, 0.4) is 0 Å². The quantitative estimate of drug-likeness (QED) is 0.900. The van der Waals surface area contributed by atoms with E-state index in [0.717, 1.165) is 18.5 Å². The Kier molecular flexibility index (Phi) is 4.68. The third kappa shape index (κ3) is 3.92. The van der Waals surface area contributed by atoms with Gasteiger partial charge in [0.2, 0.25) is 0 Å². The number of halogens is 2. The zero-order valence-corrected chi connectivity index (χ0v) is 13.8. The first-order valence-electron chi connectivity index (χ1n) is 7.36. The molecule has 0 atom stereocenters. The largest absolute Gasteiger partial charge is 0.350 e. The molecule has 0 bridgehead atoms. The minimum Gasteiger partial charge on any atom is -0.350 e. The lowest BCUT2D eigenvalue weighted by atomic mass is 10.2. The molecule has 1 aliphatic rings. The second kappa shape index (κ2) is 6.72. The fourth-order valence-electron chi connectivity index (χ4n) is 2.26. The Morgan fingerprint density at radius 1 is 1.26 bits per heavy atom. The summed E-state index contributed by atoms with van der Waals surface area (Å²) in [5, 5.41) is 7.84. The predicted molar refractivity (Wildman–Crippen MR) is 89.3 cm³/mol. The molecule has 1 aliphatic carbocycles. The van der Waals surface area contributed by atoms with Crippen molar-refractivity contribution < 1.29 is 4.79 Å². The number of rotatable bonds is 5. The van der Waals surface area contributed by atoms with Crippen LogP contribution in [0.15, 0.2) is 35.1 Å². The minimum atomic E-state index is -0.330. The van der Waals surface area contributed by atoms with E-state index in [9.17, 15) is 9.59 Å². The molecular weight excluding hydrogens is 337 g/mol. The lowest BCUT2D eigenvalue weighted by molar-refractivity contribution is 0.0952. The molecule has 1 N–H and O–H groups in total. The van der Waals surface area contributed by atoms with Crippen molar-refractivity contribution in [3.63, 3.8) is 0 Å². The Balaban J connectivity index is 1.63. The highest BCUT2D eigenvalue weighted by atomic mass is 35.5. The zero-order chi connectivity index (χ0) is 16.4. The van der Waals surface area contributed by atoms with Crippen molar-refractivity contribution in [1.82, 2.24) is 15.1 Å². The van der Waals surface area contributed by atoms with Crippen LogP contribution in [-0.2, 0) is 6.54 Å². The van der Waals surface area contributed by atoms with Gasteiger partial charge in [0.1, 0.15) is 0 Å². The fourth-order valence-corrected chi connectivity index (χ4v) is 2.64. The fraction of sp³-hybridized carbons (Fsp3) is 0.312. The van der Waals surface area contributed by atoms with Gasteiger partial charge in [-0.1, -0.05) is 23.2 Å². The zero-order valence-electron chi connectivity index (χ0n) is 12.3. The molecule has 23 heavy (non-hydrogen) atoms. The standard InChI is InChI=1S/C16H15Cl2N3O2/c17-11-3-4-13(18)12(9-11)16(23)19-7-8-21-15(22)6-5-14(20-21)10-1-2-10/h3-6,9-10H,1-2,7-8H2,(H,19,23). The summed E-state index contributed by atoms with van der Waals surface area (Å²) in [4.78, 5) is 23.9. The van der Waals surface area contributed by atoms with E-state index >= 15 is 0 Å². The minimum absolute atomic E-state index is 0.176. The molecule has 1 fully saturated rings. The van der Waals surface area contributed by atoms with E-state index in [4.69, 9.17) is 23.2 Å². The summed E-state index contributed by atoms with van der Waals surface area (Å²) in [6, 6.07) is 8.01. The van der Waals surface area contributed by atoms with E-state index in [-0.39, 0.29) is 18.0 Å². The van der Waals surface area contributed by atoms with Crippen molar-refractivity contribution in [1.29, 1.82) is 0 Å². The Hall–Kier alpha value is -1.85. The summed E-state index contributed by atoms with van der Waals surface area (Å²) in [6.45, 7) is 0.589. The molecule has 0 saturated heterocycles. The van der Waals surface area contributed by atoms with Crippen LogP contribution < -0.4 is 10.9 Å². The molecule has 0 unspecified atom stereocenters. The first-order chi connectivity index (χ1) is 11.0. The van der Waals surface area contributed by atoms with Gasteiger partial charge in [0, 0.05) is 23.6 Å². The molecule has 7 heteroatoms. The van der Waals surface area contributed by atoms with Gasteiger partial charge in [-0.15, -0.1) is 0 Å². The van der Waals surface area contributed by atoms with Gasteiger partial charge >= 0.3 is 0 Å². The van der Waals surface area contributed by atoms with E-state index in [1.807, 2.05) is 0 Å². The Morgan fingerprint density at radius 3 is 2.78 bits per heavy atom. The summed E-state index contributed by atoms with van der Waals surface area (Å²) in [5.74, 6) is 0.144.